The molecule has 0 spiro atoms. The fourth-order valence-corrected chi connectivity index (χ4v) is 2.04. The third-order valence-corrected chi connectivity index (χ3v) is 3.30. The van der Waals surface area contributed by atoms with Gasteiger partial charge >= 0.3 is 5.97 Å². The molecule has 1 unspecified atom stereocenters. The molecule has 0 saturated carbocycles. The van der Waals surface area contributed by atoms with Crippen LogP contribution in [0.4, 0.5) is 0 Å². The molecule has 0 bridgehead atoms. The normalized spacial score (nSPS) is 12.1. The standard InChI is InChI=1S/C18H25NO4/c1-3-4-10-16(18(21)22)19-17(20)11-5-6-12-23-15-9-7-8-14(2)13-15/h3-4,7-9,13,16H,5-6,10-12H2,1-2H3,(H,19,20)(H,21,22)/b4-3+. The van der Waals surface area contributed by atoms with Crippen molar-refractivity contribution in [2.24, 2.45) is 0 Å². The lowest BCUT2D eigenvalue weighted by Gasteiger charge is -2.12. The van der Waals surface area contributed by atoms with Crippen molar-refractivity contribution in [1.82, 2.24) is 5.32 Å². The van der Waals surface area contributed by atoms with E-state index in [1.54, 1.807) is 12.2 Å². The Bertz CT molecular complexity index is 540. The van der Waals surface area contributed by atoms with E-state index in [1.807, 2.05) is 38.1 Å². The quantitative estimate of drug-likeness (QED) is 0.513. The van der Waals surface area contributed by atoms with Crippen molar-refractivity contribution in [3.8, 4) is 5.75 Å². The van der Waals surface area contributed by atoms with E-state index in [-0.39, 0.29) is 5.91 Å². The van der Waals surface area contributed by atoms with E-state index in [4.69, 9.17) is 9.84 Å². The molecular formula is C18H25NO4. The highest BCUT2D eigenvalue weighted by Crippen LogP contribution is 2.12. The van der Waals surface area contributed by atoms with Crippen LogP contribution in [-0.4, -0.2) is 29.6 Å². The second-order valence-electron chi connectivity index (χ2n) is 5.39. The van der Waals surface area contributed by atoms with Gasteiger partial charge in [-0.25, -0.2) is 4.79 Å². The van der Waals surface area contributed by atoms with Crippen LogP contribution in [0.25, 0.3) is 0 Å². The molecule has 1 aromatic carbocycles. The molecule has 0 fully saturated rings. The number of rotatable bonds is 10. The van der Waals surface area contributed by atoms with Gasteiger partial charge in [0.15, 0.2) is 0 Å². The first kappa shape index (κ1) is 18.7. The van der Waals surface area contributed by atoms with Crippen LogP contribution in [0.15, 0.2) is 36.4 Å². The van der Waals surface area contributed by atoms with Crippen LogP contribution in [0.5, 0.6) is 5.75 Å². The summed E-state index contributed by atoms with van der Waals surface area (Å²) in [6.45, 7) is 4.36. The third-order valence-electron chi connectivity index (χ3n) is 3.30. The molecule has 1 amide bonds. The van der Waals surface area contributed by atoms with Gasteiger partial charge in [0.1, 0.15) is 11.8 Å². The second kappa shape index (κ2) is 10.4. The van der Waals surface area contributed by atoms with E-state index < -0.39 is 12.0 Å². The van der Waals surface area contributed by atoms with Crippen LogP contribution in [0.3, 0.4) is 0 Å². The Hall–Kier alpha value is -2.30. The van der Waals surface area contributed by atoms with Gasteiger partial charge < -0.3 is 15.2 Å². The molecule has 1 aromatic rings. The summed E-state index contributed by atoms with van der Waals surface area (Å²) in [6, 6.07) is 6.95. The number of hydrogen-bond acceptors (Lipinski definition) is 3. The zero-order valence-corrected chi connectivity index (χ0v) is 13.7. The summed E-state index contributed by atoms with van der Waals surface area (Å²) in [5.41, 5.74) is 1.14. The average Bonchev–Trinajstić information content (AvgIpc) is 2.51. The SMILES string of the molecule is C/C=C/CC(NC(=O)CCCCOc1cccc(C)c1)C(=O)O. The first-order chi connectivity index (χ1) is 11.0. The predicted octanol–water partition coefficient (Wildman–Crippen LogP) is 3.08. The first-order valence-electron chi connectivity index (χ1n) is 7.85. The molecule has 0 aliphatic heterocycles. The number of aryl methyl sites for hydroxylation is 1. The molecule has 0 saturated heterocycles. The van der Waals surface area contributed by atoms with E-state index in [9.17, 15) is 9.59 Å². The van der Waals surface area contributed by atoms with Crippen molar-refractivity contribution >= 4 is 11.9 Å². The number of hydrogen-bond donors (Lipinski definition) is 2. The predicted molar refractivity (Wildman–Crippen MR) is 89.5 cm³/mol. The van der Waals surface area contributed by atoms with Crippen molar-refractivity contribution in [3.63, 3.8) is 0 Å². The minimum atomic E-state index is -1.01. The van der Waals surface area contributed by atoms with E-state index in [2.05, 4.69) is 5.32 Å². The van der Waals surface area contributed by atoms with Crippen LogP contribution in [-0.2, 0) is 9.59 Å². The van der Waals surface area contributed by atoms with Gasteiger partial charge in [-0.15, -0.1) is 0 Å². The molecule has 5 heteroatoms. The number of amides is 1. The number of carboxylic acid groups (broad SMARTS) is 1. The molecule has 23 heavy (non-hydrogen) atoms. The summed E-state index contributed by atoms with van der Waals surface area (Å²) < 4.78 is 5.61. The Balaban J connectivity index is 2.21. The lowest BCUT2D eigenvalue weighted by molar-refractivity contribution is -0.141. The molecule has 5 nitrogen and oxygen atoms in total. The number of nitrogens with one attached hydrogen (secondary N) is 1. The summed E-state index contributed by atoms with van der Waals surface area (Å²) in [7, 11) is 0. The Morgan fingerprint density at radius 3 is 2.78 bits per heavy atom. The van der Waals surface area contributed by atoms with Crippen LogP contribution < -0.4 is 10.1 Å². The van der Waals surface area contributed by atoms with Gasteiger partial charge in [-0.1, -0.05) is 24.3 Å². The summed E-state index contributed by atoms with van der Waals surface area (Å²) >= 11 is 0. The molecule has 1 atom stereocenters. The topological polar surface area (TPSA) is 75.6 Å². The minimum Gasteiger partial charge on any atom is -0.494 e. The van der Waals surface area contributed by atoms with Gasteiger partial charge in [0.2, 0.25) is 5.91 Å². The van der Waals surface area contributed by atoms with Crippen LogP contribution in [0.1, 0.15) is 38.2 Å². The van der Waals surface area contributed by atoms with Gasteiger partial charge in [-0.3, -0.25) is 4.79 Å². The fraction of sp³-hybridized carbons (Fsp3) is 0.444. The highest BCUT2D eigenvalue weighted by Gasteiger charge is 2.17. The largest absolute Gasteiger partial charge is 0.494 e. The van der Waals surface area contributed by atoms with Crippen molar-refractivity contribution in [2.45, 2.75) is 45.6 Å². The van der Waals surface area contributed by atoms with E-state index >= 15 is 0 Å². The zero-order chi connectivity index (χ0) is 17.1. The van der Waals surface area contributed by atoms with Crippen LogP contribution in [0, 0.1) is 6.92 Å². The lowest BCUT2D eigenvalue weighted by atomic mass is 10.1. The summed E-state index contributed by atoms with van der Waals surface area (Å²) in [5.74, 6) is -0.427. The maximum atomic E-state index is 11.8. The molecular weight excluding hydrogens is 294 g/mol. The van der Waals surface area contributed by atoms with Gasteiger partial charge in [0.25, 0.3) is 0 Å². The molecule has 0 radical (unpaired) electrons. The van der Waals surface area contributed by atoms with Gasteiger partial charge in [-0.2, -0.15) is 0 Å². The number of carboxylic acids is 1. The number of aliphatic carboxylic acids is 1. The molecule has 0 aliphatic carbocycles. The molecule has 1 rings (SSSR count). The van der Waals surface area contributed by atoms with E-state index in [1.165, 1.54) is 0 Å². The fourth-order valence-electron chi connectivity index (χ4n) is 2.04. The summed E-state index contributed by atoms with van der Waals surface area (Å²) in [5, 5.41) is 11.6. The molecule has 0 aliphatic rings. The van der Waals surface area contributed by atoms with Gasteiger partial charge in [0, 0.05) is 6.42 Å². The second-order valence-corrected chi connectivity index (χ2v) is 5.39. The number of ether oxygens (including phenoxy) is 1. The Kier molecular flexibility index (Phi) is 8.50. The van der Waals surface area contributed by atoms with Crippen molar-refractivity contribution in [2.75, 3.05) is 6.61 Å². The van der Waals surface area contributed by atoms with Gasteiger partial charge in [-0.05, 0) is 50.8 Å². The highest BCUT2D eigenvalue weighted by molar-refractivity contribution is 5.83. The first-order valence-corrected chi connectivity index (χ1v) is 7.85. The van der Waals surface area contributed by atoms with Crippen molar-refractivity contribution in [3.05, 3.63) is 42.0 Å². The molecule has 2 N–H and O–H groups in total. The highest BCUT2D eigenvalue weighted by atomic mass is 16.5. The monoisotopic (exact) mass is 319 g/mol. The summed E-state index contributed by atoms with van der Waals surface area (Å²) in [6.07, 6.45) is 5.51. The van der Waals surface area contributed by atoms with E-state index in [0.29, 0.717) is 25.9 Å². The molecule has 126 valence electrons. The average molecular weight is 319 g/mol. The zero-order valence-electron chi connectivity index (χ0n) is 13.7. The lowest BCUT2D eigenvalue weighted by Crippen LogP contribution is -2.40. The third kappa shape index (κ3) is 8.04. The maximum Gasteiger partial charge on any atom is 0.326 e. The van der Waals surface area contributed by atoms with Crippen molar-refractivity contribution < 1.29 is 19.4 Å². The molecule has 0 heterocycles. The minimum absolute atomic E-state index is 0.238. The van der Waals surface area contributed by atoms with Crippen molar-refractivity contribution in [1.29, 1.82) is 0 Å². The smallest absolute Gasteiger partial charge is 0.326 e. The number of benzene rings is 1. The maximum absolute atomic E-state index is 11.8. The summed E-state index contributed by atoms with van der Waals surface area (Å²) in [4.78, 5) is 22.8. The number of carbonyl (C=O) groups excluding carboxylic acids is 1. The number of unbranched alkanes of at least 4 members (excludes halogenated alkanes) is 1. The Labute approximate surface area is 137 Å². The Morgan fingerprint density at radius 2 is 2.13 bits per heavy atom. The van der Waals surface area contributed by atoms with Crippen LogP contribution in [0.2, 0.25) is 0 Å². The molecule has 0 aromatic heterocycles. The Morgan fingerprint density at radius 1 is 1.35 bits per heavy atom. The van der Waals surface area contributed by atoms with E-state index in [0.717, 1.165) is 17.7 Å². The van der Waals surface area contributed by atoms with Crippen LogP contribution >= 0.6 is 0 Å². The van der Waals surface area contributed by atoms with Gasteiger partial charge in [0.05, 0.1) is 6.61 Å². The number of allylic oxidation sites excluding steroid dienone is 1. The number of carbonyl (C=O) groups is 2.